The molecular formula is C16H13ClF2N2O2. The highest BCUT2D eigenvalue weighted by molar-refractivity contribution is 6.29. The van der Waals surface area contributed by atoms with Gasteiger partial charge in [-0.2, -0.15) is 0 Å². The summed E-state index contributed by atoms with van der Waals surface area (Å²) in [5.41, 5.74) is 0.321. The molecule has 1 fully saturated rings. The average molecular weight is 339 g/mol. The Kier molecular flexibility index (Phi) is 4.28. The Morgan fingerprint density at radius 3 is 2.78 bits per heavy atom. The molecule has 0 spiro atoms. The Labute approximate surface area is 136 Å². The van der Waals surface area contributed by atoms with Crippen LogP contribution in [0.25, 0.3) is 0 Å². The third kappa shape index (κ3) is 3.18. The molecule has 2 unspecified atom stereocenters. The van der Waals surface area contributed by atoms with Crippen molar-refractivity contribution < 1.29 is 18.7 Å². The van der Waals surface area contributed by atoms with Crippen LogP contribution in [0.3, 0.4) is 0 Å². The maximum absolute atomic E-state index is 14.0. The van der Waals surface area contributed by atoms with Crippen LogP contribution in [0.2, 0.25) is 5.15 Å². The normalized spacial score (nSPS) is 20.8. The van der Waals surface area contributed by atoms with Crippen molar-refractivity contribution >= 4 is 17.5 Å². The number of pyridine rings is 1. The molecule has 2 heterocycles. The standard InChI is InChI=1S/C16H13ClF2N2O2/c17-15-4-1-9(7-20-15)16(23)21-8-11(22)6-14(21)12-5-10(18)2-3-13(12)19/h1-5,7,11,14,22H,6,8H2. The summed E-state index contributed by atoms with van der Waals surface area (Å²) in [6.45, 7) is 0.0437. The van der Waals surface area contributed by atoms with Crippen LogP contribution in [-0.2, 0) is 0 Å². The lowest BCUT2D eigenvalue weighted by molar-refractivity contribution is 0.0713. The summed E-state index contributed by atoms with van der Waals surface area (Å²) in [7, 11) is 0. The van der Waals surface area contributed by atoms with Crippen LogP contribution in [0.15, 0.2) is 36.5 Å². The molecular weight excluding hydrogens is 326 g/mol. The zero-order valence-electron chi connectivity index (χ0n) is 11.9. The zero-order chi connectivity index (χ0) is 16.6. The fourth-order valence-corrected chi connectivity index (χ4v) is 2.88. The average Bonchev–Trinajstić information content (AvgIpc) is 2.91. The van der Waals surface area contributed by atoms with E-state index >= 15 is 0 Å². The van der Waals surface area contributed by atoms with Crippen molar-refractivity contribution in [2.45, 2.75) is 18.6 Å². The second kappa shape index (κ2) is 6.22. The van der Waals surface area contributed by atoms with Gasteiger partial charge >= 0.3 is 0 Å². The number of hydrogen-bond acceptors (Lipinski definition) is 3. The number of rotatable bonds is 2. The lowest BCUT2D eigenvalue weighted by Crippen LogP contribution is -2.32. The minimum Gasteiger partial charge on any atom is -0.391 e. The molecule has 1 aromatic carbocycles. The molecule has 1 amide bonds. The Hall–Kier alpha value is -2.05. The maximum atomic E-state index is 14.0. The van der Waals surface area contributed by atoms with Crippen LogP contribution in [0.5, 0.6) is 0 Å². The Morgan fingerprint density at radius 2 is 2.09 bits per heavy atom. The van der Waals surface area contributed by atoms with Gasteiger partial charge < -0.3 is 10.0 Å². The van der Waals surface area contributed by atoms with E-state index in [4.69, 9.17) is 11.6 Å². The first-order valence-corrected chi connectivity index (χ1v) is 7.39. The lowest BCUT2D eigenvalue weighted by atomic mass is 10.0. The first-order valence-electron chi connectivity index (χ1n) is 7.01. The number of nitrogens with zero attached hydrogens (tertiary/aromatic N) is 2. The molecule has 2 aromatic rings. The van der Waals surface area contributed by atoms with Crippen molar-refractivity contribution in [2.75, 3.05) is 6.54 Å². The first kappa shape index (κ1) is 15.8. The van der Waals surface area contributed by atoms with Crippen molar-refractivity contribution in [3.8, 4) is 0 Å². The highest BCUT2D eigenvalue weighted by Gasteiger charge is 2.37. The number of aliphatic hydroxyl groups excluding tert-OH is 1. The van der Waals surface area contributed by atoms with Crippen molar-refractivity contribution in [1.29, 1.82) is 0 Å². The topological polar surface area (TPSA) is 53.4 Å². The number of aromatic nitrogens is 1. The van der Waals surface area contributed by atoms with Crippen molar-refractivity contribution in [2.24, 2.45) is 0 Å². The van der Waals surface area contributed by atoms with E-state index in [0.29, 0.717) is 0 Å². The molecule has 0 saturated carbocycles. The van der Waals surface area contributed by atoms with Gasteiger partial charge in [0.05, 0.1) is 17.7 Å². The summed E-state index contributed by atoms with van der Waals surface area (Å²) in [6.07, 6.45) is 0.661. The second-order valence-corrected chi connectivity index (χ2v) is 5.79. The van der Waals surface area contributed by atoms with Crippen molar-refractivity contribution in [1.82, 2.24) is 9.88 Å². The van der Waals surface area contributed by atoms with Gasteiger partial charge in [-0.05, 0) is 36.8 Å². The van der Waals surface area contributed by atoms with Crippen LogP contribution < -0.4 is 0 Å². The number of halogens is 3. The molecule has 7 heteroatoms. The predicted octanol–water partition coefficient (Wildman–Crippen LogP) is 2.96. The summed E-state index contributed by atoms with van der Waals surface area (Å²) in [5.74, 6) is -1.62. The van der Waals surface area contributed by atoms with Gasteiger partial charge in [0.25, 0.3) is 5.91 Å². The third-order valence-corrected chi connectivity index (χ3v) is 4.05. The van der Waals surface area contributed by atoms with Gasteiger partial charge in [-0.3, -0.25) is 4.79 Å². The largest absolute Gasteiger partial charge is 0.391 e. The number of benzene rings is 1. The van der Waals surface area contributed by atoms with Crippen molar-refractivity contribution in [3.05, 3.63) is 64.4 Å². The molecule has 23 heavy (non-hydrogen) atoms. The van der Waals surface area contributed by atoms with Crippen molar-refractivity contribution in [3.63, 3.8) is 0 Å². The van der Waals surface area contributed by atoms with E-state index in [2.05, 4.69) is 4.98 Å². The van der Waals surface area contributed by atoms with E-state index in [1.165, 1.54) is 23.2 Å². The Bertz CT molecular complexity index is 739. The number of aliphatic hydroxyl groups is 1. The molecule has 1 aromatic heterocycles. The number of β-amino-alcohol motifs (C(OH)–C–C–N with tert-alkyl or cyclic N) is 1. The summed E-state index contributed by atoms with van der Waals surface area (Å²) < 4.78 is 27.5. The maximum Gasteiger partial charge on any atom is 0.256 e. The van der Waals surface area contributed by atoms with Gasteiger partial charge in [0.1, 0.15) is 16.8 Å². The quantitative estimate of drug-likeness (QED) is 0.857. The second-order valence-electron chi connectivity index (χ2n) is 5.40. The van der Waals surface area contributed by atoms with Crippen LogP contribution in [0.1, 0.15) is 28.4 Å². The SMILES string of the molecule is O=C(c1ccc(Cl)nc1)N1CC(O)CC1c1cc(F)ccc1F. The Morgan fingerprint density at radius 1 is 1.30 bits per heavy atom. The van der Waals surface area contributed by atoms with Crippen LogP contribution in [-0.4, -0.2) is 33.5 Å². The molecule has 1 aliphatic heterocycles. The smallest absolute Gasteiger partial charge is 0.256 e. The summed E-state index contributed by atoms with van der Waals surface area (Å²) >= 11 is 5.69. The molecule has 0 aliphatic carbocycles. The summed E-state index contributed by atoms with van der Waals surface area (Å²) in [6, 6.07) is 5.32. The third-order valence-electron chi connectivity index (χ3n) is 3.83. The van der Waals surface area contributed by atoms with E-state index < -0.39 is 29.7 Å². The van der Waals surface area contributed by atoms with Gasteiger partial charge in [0.2, 0.25) is 0 Å². The number of carbonyl (C=O) groups is 1. The van der Waals surface area contributed by atoms with Gasteiger partial charge in [-0.25, -0.2) is 13.8 Å². The number of carbonyl (C=O) groups excluding carboxylic acids is 1. The minimum absolute atomic E-state index is 0.0437. The molecule has 1 saturated heterocycles. The fraction of sp³-hybridized carbons (Fsp3) is 0.250. The highest BCUT2D eigenvalue weighted by atomic mass is 35.5. The van der Waals surface area contributed by atoms with Gasteiger partial charge in [-0.1, -0.05) is 11.6 Å². The van der Waals surface area contributed by atoms with E-state index in [1.54, 1.807) is 0 Å². The fourth-order valence-electron chi connectivity index (χ4n) is 2.77. The Balaban J connectivity index is 1.95. The number of amides is 1. The predicted molar refractivity (Wildman–Crippen MR) is 80.0 cm³/mol. The van der Waals surface area contributed by atoms with E-state index in [0.717, 1.165) is 18.2 Å². The summed E-state index contributed by atoms with van der Waals surface area (Å²) in [4.78, 5) is 17.8. The summed E-state index contributed by atoms with van der Waals surface area (Å²) in [5, 5.41) is 10.1. The zero-order valence-corrected chi connectivity index (χ0v) is 12.7. The number of hydrogen-bond donors (Lipinski definition) is 1. The van der Waals surface area contributed by atoms with Crippen LogP contribution >= 0.6 is 11.6 Å². The molecule has 4 nitrogen and oxygen atoms in total. The molecule has 3 rings (SSSR count). The van der Waals surface area contributed by atoms with E-state index in [-0.39, 0.29) is 29.2 Å². The van der Waals surface area contributed by atoms with Gasteiger partial charge in [0, 0.05) is 18.3 Å². The lowest BCUT2D eigenvalue weighted by Gasteiger charge is -2.25. The van der Waals surface area contributed by atoms with Gasteiger partial charge in [-0.15, -0.1) is 0 Å². The minimum atomic E-state index is -0.799. The van der Waals surface area contributed by atoms with E-state index in [1.807, 2.05) is 0 Å². The van der Waals surface area contributed by atoms with Crippen LogP contribution in [0.4, 0.5) is 8.78 Å². The first-order chi connectivity index (χ1) is 11.0. The van der Waals surface area contributed by atoms with E-state index in [9.17, 15) is 18.7 Å². The molecule has 120 valence electrons. The monoisotopic (exact) mass is 338 g/mol. The van der Waals surface area contributed by atoms with Gasteiger partial charge in [0.15, 0.2) is 0 Å². The molecule has 0 bridgehead atoms. The molecule has 1 aliphatic rings. The number of likely N-dealkylation sites (tertiary alicyclic amines) is 1. The molecule has 2 atom stereocenters. The molecule has 0 radical (unpaired) electrons. The molecule has 1 N–H and O–H groups in total. The highest BCUT2D eigenvalue weighted by Crippen LogP contribution is 2.35. The van der Waals surface area contributed by atoms with Crippen LogP contribution in [0, 0.1) is 11.6 Å².